The van der Waals surface area contributed by atoms with Crippen LogP contribution in [0.2, 0.25) is 0 Å². The van der Waals surface area contributed by atoms with Gasteiger partial charge in [0.15, 0.2) is 11.6 Å². The summed E-state index contributed by atoms with van der Waals surface area (Å²) in [5, 5.41) is 0. The second-order valence-electron chi connectivity index (χ2n) is 6.91. The van der Waals surface area contributed by atoms with Gasteiger partial charge in [-0.3, -0.25) is 0 Å². The molecule has 176 valence electrons. The molecule has 0 heterocycles. The summed E-state index contributed by atoms with van der Waals surface area (Å²) in [4.78, 5) is 0. The molecule has 0 aromatic heterocycles. The zero-order valence-corrected chi connectivity index (χ0v) is 16.8. The van der Waals surface area contributed by atoms with E-state index in [4.69, 9.17) is 9.47 Å². The summed E-state index contributed by atoms with van der Waals surface area (Å²) in [6.45, 7) is -1.07. The molecule has 1 unspecified atom stereocenters. The fourth-order valence-electron chi connectivity index (χ4n) is 2.91. The quantitative estimate of drug-likeness (QED) is 0.319. The average Bonchev–Trinajstić information content (AvgIpc) is 2.73. The van der Waals surface area contributed by atoms with Gasteiger partial charge in [-0.05, 0) is 47.5 Å². The van der Waals surface area contributed by atoms with Crippen molar-refractivity contribution in [3.8, 4) is 17.2 Å². The Hall–Kier alpha value is -3.27. The fraction of sp³-hybridized carbons (Fsp3) is 0.217. The molecule has 0 aliphatic rings. The summed E-state index contributed by atoms with van der Waals surface area (Å²) < 4.78 is 106. The first-order chi connectivity index (χ1) is 15.5. The van der Waals surface area contributed by atoms with Crippen LogP contribution < -0.4 is 9.47 Å². The van der Waals surface area contributed by atoms with Crippen LogP contribution in [0.4, 0.5) is 30.7 Å². The van der Waals surface area contributed by atoms with E-state index in [1.807, 2.05) is 0 Å². The van der Waals surface area contributed by atoms with Crippen LogP contribution in [-0.2, 0) is 11.3 Å². The Morgan fingerprint density at radius 2 is 1.42 bits per heavy atom. The number of rotatable bonds is 8. The highest BCUT2D eigenvalue weighted by molar-refractivity contribution is 5.35. The summed E-state index contributed by atoms with van der Waals surface area (Å²) in [5.74, 6) is -3.11. The number of para-hydroxylation sites is 1. The van der Waals surface area contributed by atoms with E-state index in [0.717, 1.165) is 30.3 Å². The second-order valence-corrected chi connectivity index (χ2v) is 6.91. The van der Waals surface area contributed by atoms with Crippen LogP contribution >= 0.6 is 0 Å². The van der Waals surface area contributed by atoms with Gasteiger partial charge < -0.3 is 14.2 Å². The number of hydrogen-bond acceptors (Lipinski definition) is 3. The molecule has 10 heteroatoms. The zero-order chi connectivity index (χ0) is 24.1. The first kappa shape index (κ1) is 24.4. The molecule has 0 saturated carbocycles. The van der Waals surface area contributed by atoms with Gasteiger partial charge in [-0.25, -0.2) is 4.39 Å². The highest BCUT2D eigenvalue weighted by atomic mass is 19.4. The minimum Gasteiger partial charge on any atom is -0.454 e. The van der Waals surface area contributed by atoms with Crippen molar-refractivity contribution >= 4 is 0 Å². The third-order valence-corrected chi connectivity index (χ3v) is 4.43. The summed E-state index contributed by atoms with van der Waals surface area (Å²) in [6, 6.07) is 15.5. The van der Waals surface area contributed by atoms with Crippen molar-refractivity contribution in [1.29, 1.82) is 0 Å². The van der Waals surface area contributed by atoms with Crippen LogP contribution in [0.5, 0.6) is 17.2 Å². The summed E-state index contributed by atoms with van der Waals surface area (Å²) in [5.41, 5.74) is 0.0846. The summed E-state index contributed by atoms with van der Waals surface area (Å²) in [6.07, 6.45) is -9.66. The van der Waals surface area contributed by atoms with Gasteiger partial charge in [0.1, 0.15) is 17.4 Å². The lowest BCUT2D eigenvalue weighted by atomic mass is 9.99. The monoisotopic (exact) mass is 474 g/mol. The van der Waals surface area contributed by atoms with E-state index >= 15 is 0 Å². The predicted molar refractivity (Wildman–Crippen MR) is 104 cm³/mol. The largest absolute Gasteiger partial charge is 0.573 e. The molecule has 0 N–H and O–H groups in total. The highest BCUT2D eigenvalue weighted by Gasteiger charge is 2.41. The highest BCUT2D eigenvalue weighted by Crippen LogP contribution is 2.36. The van der Waals surface area contributed by atoms with Crippen LogP contribution in [0.3, 0.4) is 0 Å². The molecule has 0 spiro atoms. The summed E-state index contributed by atoms with van der Waals surface area (Å²) >= 11 is 0. The molecule has 3 rings (SSSR count). The maximum absolute atomic E-state index is 14.0. The zero-order valence-electron chi connectivity index (χ0n) is 16.8. The first-order valence-electron chi connectivity index (χ1n) is 9.53. The van der Waals surface area contributed by atoms with Gasteiger partial charge in [-0.1, -0.05) is 36.4 Å². The lowest BCUT2D eigenvalue weighted by molar-refractivity contribution is -0.274. The number of benzene rings is 3. The Bertz CT molecular complexity index is 1030. The normalized spacial score (nSPS) is 12.9. The maximum Gasteiger partial charge on any atom is 0.573 e. The van der Waals surface area contributed by atoms with Crippen molar-refractivity contribution in [2.75, 3.05) is 6.61 Å². The molecular formula is C23H17F7O3. The van der Waals surface area contributed by atoms with Crippen molar-refractivity contribution in [2.45, 2.75) is 25.1 Å². The van der Waals surface area contributed by atoms with E-state index in [1.54, 1.807) is 30.3 Å². The van der Waals surface area contributed by atoms with Crippen molar-refractivity contribution in [3.63, 3.8) is 0 Å². The summed E-state index contributed by atoms with van der Waals surface area (Å²) in [7, 11) is 0. The third kappa shape index (κ3) is 7.38. The van der Waals surface area contributed by atoms with Crippen molar-refractivity contribution in [2.24, 2.45) is 0 Å². The number of hydrogen-bond donors (Lipinski definition) is 0. The lowest BCUT2D eigenvalue weighted by Crippen LogP contribution is -2.25. The van der Waals surface area contributed by atoms with Gasteiger partial charge >= 0.3 is 12.5 Å². The molecule has 0 saturated heterocycles. The Kier molecular flexibility index (Phi) is 7.47. The molecule has 3 nitrogen and oxygen atoms in total. The minimum absolute atomic E-state index is 0.116. The predicted octanol–water partition coefficient (Wildman–Crippen LogP) is 7.38. The van der Waals surface area contributed by atoms with Crippen LogP contribution in [0, 0.1) is 5.82 Å². The van der Waals surface area contributed by atoms with Crippen molar-refractivity contribution < 1.29 is 44.9 Å². The lowest BCUT2D eigenvalue weighted by Gasteiger charge is -2.21. The Labute approximate surface area is 184 Å². The third-order valence-electron chi connectivity index (χ3n) is 4.43. The molecule has 0 aliphatic carbocycles. The van der Waals surface area contributed by atoms with Crippen LogP contribution in [-0.4, -0.2) is 19.1 Å². The van der Waals surface area contributed by atoms with Gasteiger partial charge in [0.2, 0.25) is 0 Å². The molecule has 3 aromatic rings. The Morgan fingerprint density at radius 3 is 2.03 bits per heavy atom. The standard InChI is InChI=1S/C23H17F7O3/c24-20-11-6-15(12-21(20)32-17-4-2-1-3-5-17)13-31-14-19(22(25,26)27)16-7-9-18(10-8-16)33-23(28,29)30/h1-12,19H,13-14H2. The molecule has 0 fully saturated rings. The topological polar surface area (TPSA) is 27.7 Å². The van der Waals surface area contributed by atoms with Crippen LogP contribution in [0.1, 0.15) is 17.0 Å². The van der Waals surface area contributed by atoms with E-state index in [2.05, 4.69) is 4.74 Å². The molecule has 0 bridgehead atoms. The van der Waals surface area contributed by atoms with E-state index < -0.39 is 36.6 Å². The van der Waals surface area contributed by atoms with Gasteiger partial charge in [-0.15, -0.1) is 13.2 Å². The first-order valence-corrected chi connectivity index (χ1v) is 9.53. The maximum atomic E-state index is 14.0. The van der Waals surface area contributed by atoms with Crippen molar-refractivity contribution in [1.82, 2.24) is 0 Å². The smallest absolute Gasteiger partial charge is 0.454 e. The molecule has 3 aromatic carbocycles. The number of halogens is 7. The second kappa shape index (κ2) is 10.1. The van der Waals surface area contributed by atoms with Gasteiger partial charge in [0.05, 0.1) is 13.2 Å². The molecule has 33 heavy (non-hydrogen) atoms. The van der Waals surface area contributed by atoms with Gasteiger partial charge in [0.25, 0.3) is 0 Å². The molecular weight excluding hydrogens is 457 g/mol. The molecule has 1 atom stereocenters. The van der Waals surface area contributed by atoms with Gasteiger partial charge in [0, 0.05) is 0 Å². The molecule has 0 amide bonds. The Morgan fingerprint density at radius 1 is 0.758 bits per heavy atom. The van der Waals surface area contributed by atoms with E-state index in [0.29, 0.717) is 11.3 Å². The van der Waals surface area contributed by atoms with E-state index in [9.17, 15) is 30.7 Å². The molecule has 0 radical (unpaired) electrons. The van der Waals surface area contributed by atoms with E-state index in [-0.39, 0.29) is 17.9 Å². The van der Waals surface area contributed by atoms with E-state index in [1.165, 1.54) is 12.1 Å². The Balaban J connectivity index is 1.66. The minimum atomic E-state index is -4.95. The molecule has 0 aliphatic heterocycles. The number of ether oxygens (including phenoxy) is 3. The van der Waals surface area contributed by atoms with Crippen molar-refractivity contribution in [3.05, 3.63) is 89.7 Å². The number of alkyl halides is 6. The van der Waals surface area contributed by atoms with Crippen LogP contribution in [0.25, 0.3) is 0 Å². The van der Waals surface area contributed by atoms with Crippen LogP contribution in [0.15, 0.2) is 72.8 Å². The average molecular weight is 474 g/mol. The fourth-order valence-corrected chi connectivity index (χ4v) is 2.91. The van der Waals surface area contributed by atoms with Gasteiger partial charge in [-0.2, -0.15) is 13.2 Å². The SMILES string of the molecule is Fc1ccc(COCC(c2ccc(OC(F)(F)F)cc2)C(F)(F)F)cc1Oc1ccccc1.